The zero-order valence-electron chi connectivity index (χ0n) is 22.3. The van der Waals surface area contributed by atoms with Crippen molar-refractivity contribution in [1.29, 1.82) is 0 Å². The predicted molar refractivity (Wildman–Crippen MR) is 174 cm³/mol. The molecule has 1 unspecified atom stereocenters. The number of halogens is 2. The number of nitrogens with two attached hydrogens (primary N) is 1. The van der Waals surface area contributed by atoms with Crippen molar-refractivity contribution in [2.45, 2.75) is 17.2 Å². The highest BCUT2D eigenvalue weighted by Gasteiger charge is 2.32. The van der Waals surface area contributed by atoms with Crippen molar-refractivity contribution in [3.8, 4) is 0 Å². The van der Waals surface area contributed by atoms with E-state index in [9.17, 15) is 8.42 Å². The molecule has 5 rings (SSSR count). The van der Waals surface area contributed by atoms with Crippen LogP contribution in [0.5, 0.6) is 0 Å². The van der Waals surface area contributed by atoms with Crippen LogP contribution >= 0.6 is 35.0 Å². The Morgan fingerprint density at radius 3 is 2.12 bits per heavy atom. The number of guanidine groups is 1. The second-order valence-corrected chi connectivity index (χ2v) is 13.0. The molecule has 0 spiro atoms. The van der Waals surface area contributed by atoms with Gasteiger partial charge in [0.05, 0.1) is 17.2 Å². The molecular weight excluding hydrogens is 609 g/mol. The van der Waals surface area contributed by atoms with Gasteiger partial charge in [0, 0.05) is 21.7 Å². The quantitative estimate of drug-likeness (QED) is 0.177. The summed E-state index contributed by atoms with van der Waals surface area (Å²) in [5.74, 6) is 0.347. The fourth-order valence-electron chi connectivity index (χ4n) is 4.40. The van der Waals surface area contributed by atoms with Gasteiger partial charge in [-0.25, -0.2) is 5.01 Å². The van der Waals surface area contributed by atoms with Gasteiger partial charge in [-0.1, -0.05) is 108 Å². The van der Waals surface area contributed by atoms with Gasteiger partial charge in [0.15, 0.2) is 5.17 Å². The molecule has 0 radical (unpaired) electrons. The zero-order chi connectivity index (χ0) is 29.5. The van der Waals surface area contributed by atoms with Crippen molar-refractivity contribution < 1.29 is 8.42 Å². The van der Waals surface area contributed by atoms with Crippen LogP contribution in [0.2, 0.25) is 10.0 Å². The molecule has 214 valence electrons. The third-order valence-corrected chi connectivity index (χ3v) is 9.06. The number of aryl methyl sites for hydroxylation is 1. The summed E-state index contributed by atoms with van der Waals surface area (Å²) in [6, 6.07) is 33.1. The number of benzene rings is 4. The fourth-order valence-corrected chi connectivity index (χ4v) is 6.28. The molecule has 0 aliphatic carbocycles. The summed E-state index contributed by atoms with van der Waals surface area (Å²) in [6.45, 7) is 0.308. The van der Waals surface area contributed by atoms with Gasteiger partial charge in [-0.05, 0) is 59.5 Å². The van der Waals surface area contributed by atoms with Crippen LogP contribution in [0.1, 0.15) is 22.6 Å². The first-order chi connectivity index (χ1) is 20.3. The maximum absolute atomic E-state index is 13.4. The average molecular weight is 637 g/mol. The Bertz CT molecular complexity index is 1710. The minimum absolute atomic E-state index is 0.0180. The van der Waals surface area contributed by atoms with E-state index in [0.29, 0.717) is 22.3 Å². The van der Waals surface area contributed by atoms with Crippen LogP contribution in [0, 0.1) is 0 Å². The standard InChI is InChI=1S/C31H27Cl2N5O2S2/c32-25-13-11-24(12-14-25)29-28(23-9-5-2-6-10-23)21-38(36-29)31(37-42(39,40)27-17-15-26(33)16-18-27)35-30(34)41-20-19-22-7-3-1-4-8-22/h1-18,28H,19-21H2,(H2,34,35,37). The molecule has 4 aromatic carbocycles. The van der Waals surface area contributed by atoms with E-state index < -0.39 is 10.0 Å². The first kappa shape index (κ1) is 29.8. The third-order valence-electron chi connectivity index (χ3n) is 6.49. The van der Waals surface area contributed by atoms with E-state index in [1.165, 1.54) is 46.6 Å². The normalized spacial score (nSPS) is 16.0. The smallest absolute Gasteiger partial charge is 0.285 e. The molecule has 4 aromatic rings. The number of sulfonamides is 1. The Balaban J connectivity index is 1.52. The van der Waals surface area contributed by atoms with Crippen molar-refractivity contribution in [3.05, 3.63) is 136 Å². The second kappa shape index (κ2) is 13.6. The first-order valence-corrected chi connectivity index (χ1v) is 16.2. The van der Waals surface area contributed by atoms with E-state index >= 15 is 0 Å². The summed E-state index contributed by atoms with van der Waals surface area (Å²) < 4.78 is 30.9. The lowest BCUT2D eigenvalue weighted by Gasteiger charge is -2.16. The maximum atomic E-state index is 13.4. The van der Waals surface area contributed by atoms with Gasteiger partial charge in [0.25, 0.3) is 16.0 Å². The van der Waals surface area contributed by atoms with E-state index in [1.54, 1.807) is 12.1 Å². The predicted octanol–water partition coefficient (Wildman–Crippen LogP) is 6.83. The topological polar surface area (TPSA) is 100 Å². The van der Waals surface area contributed by atoms with E-state index in [1.807, 2.05) is 72.8 Å². The highest BCUT2D eigenvalue weighted by atomic mass is 35.5. The van der Waals surface area contributed by atoms with Crippen LogP contribution in [0.25, 0.3) is 0 Å². The first-order valence-electron chi connectivity index (χ1n) is 13.1. The lowest BCUT2D eigenvalue weighted by molar-refractivity contribution is 0.470. The van der Waals surface area contributed by atoms with Crippen LogP contribution in [-0.4, -0.2) is 42.6 Å². The number of hydrogen-bond acceptors (Lipinski definition) is 4. The minimum Gasteiger partial charge on any atom is -0.378 e. The van der Waals surface area contributed by atoms with Crippen LogP contribution in [0.15, 0.2) is 129 Å². The molecule has 0 fully saturated rings. The molecule has 11 heteroatoms. The van der Waals surface area contributed by atoms with Gasteiger partial charge in [0.1, 0.15) is 0 Å². The number of hydrogen-bond donors (Lipinski definition) is 1. The zero-order valence-corrected chi connectivity index (χ0v) is 25.5. The number of rotatable bonds is 7. The molecule has 2 N–H and O–H groups in total. The van der Waals surface area contributed by atoms with Gasteiger partial charge < -0.3 is 5.73 Å². The molecule has 1 atom stereocenters. The Hall–Kier alpha value is -3.63. The molecule has 42 heavy (non-hydrogen) atoms. The van der Waals surface area contributed by atoms with Crippen molar-refractivity contribution in [2.24, 2.45) is 20.2 Å². The largest absolute Gasteiger partial charge is 0.378 e. The molecular formula is C31H27Cl2N5O2S2. The number of hydrazone groups is 1. The van der Waals surface area contributed by atoms with Gasteiger partial charge in [-0.3, -0.25) is 0 Å². The maximum Gasteiger partial charge on any atom is 0.285 e. The minimum atomic E-state index is -4.16. The molecule has 7 nitrogen and oxygen atoms in total. The van der Waals surface area contributed by atoms with E-state index in [2.05, 4.69) is 9.39 Å². The van der Waals surface area contributed by atoms with Crippen LogP contribution < -0.4 is 5.73 Å². The Morgan fingerprint density at radius 1 is 0.881 bits per heavy atom. The lowest BCUT2D eigenvalue weighted by atomic mass is 9.91. The molecule has 0 aromatic heterocycles. The van der Waals surface area contributed by atoms with Crippen molar-refractivity contribution in [2.75, 3.05) is 12.3 Å². The Morgan fingerprint density at radius 2 is 1.48 bits per heavy atom. The monoisotopic (exact) mass is 635 g/mol. The summed E-state index contributed by atoms with van der Waals surface area (Å²) in [6.07, 6.45) is 0.774. The van der Waals surface area contributed by atoms with Crippen LogP contribution in [-0.2, 0) is 16.4 Å². The van der Waals surface area contributed by atoms with Crippen molar-refractivity contribution in [3.63, 3.8) is 0 Å². The molecule has 1 aliphatic rings. The summed E-state index contributed by atoms with van der Waals surface area (Å²) in [7, 11) is -4.16. The van der Waals surface area contributed by atoms with Crippen molar-refractivity contribution >= 4 is 61.8 Å². The molecule has 1 aliphatic heterocycles. The molecule has 0 amide bonds. The Labute approximate surface area is 259 Å². The van der Waals surface area contributed by atoms with E-state index in [4.69, 9.17) is 34.0 Å². The highest BCUT2D eigenvalue weighted by molar-refractivity contribution is 8.13. The number of nitrogens with zero attached hydrogens (tertiary/aromatic N) is 4. The SMILES string of the molecule is NC(=NC(=NS(=O)(=O)c1ccc(Cl)cc1)N1CC(c2ccccc2)C(c2ccc(Cl)cc2)=N1)SCCc1ccccc1. The summed E-state index contributed by atoms with van der Waals surface area (Å²) in [4.78, 5) is 4.47. The number of amidine groups is 1. The molecule has 0 saturated carbocycles. The average Bonchev–Trinajstić information content (AvgIpc) is 3.44. The summed E-state index contributed by atoms with van der Waals surface area (Å²) >= 11 is 13.5. The second-order valence-electron chi connectivity index (χ2n) is 9.39. The summed E-state index contributed by atoms with van der Waals surface area (Å²) in [5.41, 5.74) is 10.1. The van der Waals surface area contributed by atoms with E-state index in [-0.39, 0.29) is 21.9 Å². The van der Waals surface area contributed by atoms with Crippen molar-refractivity contribution in [1.82, 2.24) is 5.01 Å². The molecule has 0 saturated heterocycles. The van der Waals surface area contributed by atoms with Gasteiger partial charge >= 0.3 is 0 Å². The highest BCUT2D eigenvalue weighted by Crippen LogP contribution is 2.30. The third kappa shape index (κ3) is 7.60. The fraction of sp³-hybridized carbons (Fsp3) is 0.129. The van der Waals surface area contributed by atoms with Crippen LogP contribution in [0.4, 0.5) is 0 Å². The summed E-state index contributed by atoms with van der Waals surface area (Å²) in [5, 5.41) is 7.54. The Kier molecular flexibility index (Phi) is 9.64. The number of thioether (sulfide) groups is 1. The van der Waals surface area contributed by atoms with Gasteiger partial charge in [-0.15, -0.1) is 4.40 Å². The lowest BCUT2D eigenvalue weighted by Crippen LogP contribution is -2.27. The van der Waals surface area contributed by atoms with Crippen LogP contribution in [0.3, 0.4) is 0 Å². The van der Waals surface area contributed by atoms with E-state index in [0.717, 1.165) is 23.3 Å². The molecule has 1 heterocycles. The van der Waals surface area contributed by atoms with Gasteiger partial charge in [0.2, 0.25) is 0 Å². The van der Waals surface area contributed by atoms with Gasteiger partial charge in [-0.2, -0.15) is 18.5 Å². The number of aliphatic imine (C=N–C) groups is 1. The molecule has 0 bridgehead atoms.